The molecule has 19 heavy (non-hydrogen) atoms. The molecule has 3 heterocycles. The first-order valence-corrected chi connectivity index (χ1v) is 7.34. The molecule has 0 aromatic carbocycles. The van der Waals surface area contributed by atoms with E-state index in [-0.39, 0.29) is 0 Å². The summed E-state index contributed by atoms with van der Waals surface area (Å²) in [5, 5.41) is 0. The Labute approximate surface area is 121 Å². The maximum atomic E-state index is 4.56. The maximum Gasteiger partial charge on any atom is 0.129 e. The summed E-state index contributed by atoms with van der Waals surface area (Å²) >= 11 is 3.51. The first-order chi connectivity index (χ1) is 9.25. The number of halogens is 1. The molecule has 98 valence electrons. The van der Waals surface area contributed by atoms with Crippen molar-refractivity contribution in [2.24, 2.45) is 0 Å². The second-order valence-corrected chi connectivity index (χ2v) is 5.78. The van der Waals surface area contributed by atoms with Crippen LogP contribution in [0.15, 0.2) is 41.3 Å². The molecular formula is C15H16BrN3. The molecule has 0 spiro atoms. The van der Waals surface area contributed by atoms with Crippen LogP contribution < -0.4 is 4.90 Å². The van der Waals surface area contributed by atoms with Gasteiger partial charge in [-0.1, -0.05) is 0 Å². The fourth-order valence-corrected chi connectivity index (χ4v) is 2.87. The fourth-order valence-electron chi connectivity index (χ4n) is 2.65. The van der Waals surface area contributed by atoms with Gasteiger partial charge in [-0.2, -0.15) is 0 Å². The fraction of sp³-hybridized carbons (Fsp3) is 0.333. The lowest BCUT2D eigenvalue weighted by Gasteiger charge is -2.26. The van der Waals surface area contributed by atoms with Gasteiger partial charge < -0.3 is 4.90 Å². The third kappa shape index (κ3) is 2.50. The Morgan fingerprint density at radius 2 is 2.11 bits per heavy atom. The van der Waals surface area contributed by atoms with Crippen molar-refractivity contribution in [2.45, 2.75) is 25.8 Å². The van der Waals surface area contributed by atoms with Gasteiger partial charge in [-0.25, -0.2) is 4.98 Å². The summed E-state index contributed by atoms with van der Waals surface area (Å²) in [6, 6.07) is 6.79. The highest BCUT2D eigenvalue weighted by molar-refractivity contribution is 9.10. The molecule has 0 amide bonds. The molecule has 0 bridgehead atoms. The third-order valence-electron chi connectivity index (χ3n) is 3.67. The highest BCUT2D eigenvalue weighted by Crippen LogP contribution is 2.35. The van der Waals surface area contributed by atoms with Crippen LogP contribution in [0.3, 0.4) is 0 Å². The van der Waals surface area contributed by atoms with Crippen LogP contribution in [0, 0.1) is 6.92 Å². The second-order valence-electron chi connectivity index (χ2n) is 4.92. The van der Waals surface area contributed by atoms with E-state index in [1.54, 1.807) is 0 Å². The number of aromatic nitrogens is 2. The highest BCUT2D eigenvalue weighted by Gasteiger charge is 2.27. The lowest BCUT2D eigenvalue weighted by atomic mass is 10.1. The molecule has 0 saturated carbocycles. The molecule has 2 aromatic heterocycles. The van der Waals surface area contributed by atoms with Crippen molar-refractivity contribution in [1.29, 1.82) is 0 Å². The summed E-state index contributed by atoms with van der Waals surface area (Å²) in [5.74, 6) is 1.07. The molecule has 4 heteroatoms. The quantitative estimate of drug-likeness (QED) is 0.841. The minimum Gasteiger partial charge on any atom is -0.350 e. The second kappa shape index (κ2) is 5.29. The molecule has 2 aromatic rings. The number of hydrogen-bond acceptors (Lipinski definition) is 3. The van der Waals surface area contributed by atoms with Crippen LogP contribution in [0.1, 0.15) is 30.0 Å². The zero-order valence-electron chi connectivity index (χ0n) is 10.9. The van der Waals surface area contributed by atoms with Crippen molar-refractivity contribution in [3.63, 3.8) is 0 Å². The van der Waals surface area contributed by atoms with Crippen LogP contribution in [-0.2, 0) is 0 Å². The van der Waals surface area contributed by atoms with Crippen LogP contribution in [0.2, 0.25) is 0 Å². The van der Waals surface area contributed by atoms with Gasteiger partial charge >= 0.3 is 0 Å². The van der Waals surface area contributed by atoms with Gasteiger partial charge in [0.15, 0.2) is 0 Å². The highest BCUT2D eigenvalue weighted by atomic mass is 79.9. The van der Waals surface area contributed by atoms with Crippen LogP contribution in [0.25, 0.3) is 0 Å². The van der Waals surface area contributed by atoms with Crippen molar-refractivity contribution >= 4 is 21.7 Å². The summed E-state index contributed by atoms with van der Waals surface area (Å²) in [7, 11) is 0. The molecule has 0 aliphatic carbocycles. The van der Waals surface area contributed by atoms with Gasteiger partial charge in [-0.05, 0) is 65.0 Å². The van der Waals surface area contributed by atoms with E-state index in [2.05, 4.69) is 55.9 Å². The lowest BCUT2D eigenvalue weighted by Crippen LogP contribution is -2.23. The zero-order valence-corrected chi connectivity index (χ0v) is 12.5. The molecule has 3 rings (SSSR count). The van der Waals surface area contributed by atoms with Crippen LogP contribution in [-0.4, -0.2) is 16.5 Å². The minimum absolute atomic E-state index is 0.427. The molecular weight excluding hydrogens is 302 g/mol. The molecule has 3 nitrogen and oxygen atoms in total. The Balaban J connectivity index is 1.93. The number of pyridine rings is 2. The molecule has 1 saturated heterocycles. The first-order valence-electron chi connectivity index (χ1n) is 6.54. The summed E-state index contributed by atoms with van der Waals surface area (Å²) in [6.45, 7) is 3.17. The van der Waals surface area contributed by atoms with Gasteiger partial charge in [-0.15, -0.1) is 0 Å². The Morgan fingerprint density at radius 3 is 2.84 bits per heavy atom. The molecule has 1 unspecified atom stereocenters. The molecule has 1 aliphatic rings. The number of anilines is 1. The standard InChI is InChI=1S/C15H16BrN3/c1-11-9-15(18-10-13(11)16)19-8-2-3-14(19)12-4-6-17-7-5-12/h4-7,9-10,14H,2-3,8H2,1H3. The average Bonchev–Trinajstić information content (AvgIpc) is 2.92. The van der Waals surface area contributed by atoms with Gasteiger partial charge in [0.2, 0.25) is 0 Å². The molecule has 1 atom stereocenters. The maximum absolute atomic E-state index is 4.56. The summed E-state index contributed by atoms with van der Waals surface area (Å²) < 4.78 is 1.07. The summed E-state index contributed by atoms with van der Waals surface area (Å²) in [5.41, 5.74) is 2.56. The van der Waals surface area contributed by atoms with E-state index in [1.807, 2.05) is 18.6 Å². The van der Waals surface area contributed by atoms with Crippen molar-refractivity contribution in [1.82, 2.24) is 9.97 Å². The van der Waals surface area contributed by atoms with E-state index in [0.29, 0.717) is 6.04 Å². The number of aryl methyl sites for hydroxylation is 1. The predicted molar refractivity (Wildman–Crippen MR) is 80.2 cm³/mol. The molecule has 1 fully saturated rings. The van der Waals surface area contributed by atoms with Crippen LogP contribution >= 0.6 is 15.9 Å². The Morgan fingerprint density at radius 1 is 1.32 bits per heavy atom. The number of rotatable bonds is 2. The Hall–Kier alpha value is -1.42. The normalized spacial score (nSPS) is 18.8. The largest absolute Gasteiger partial charge is 0.350 e. The minimum atomic E-state index is 0.427. The Kier molecular flexibility index (Phi) is 3.51. The molecule has 1 aliphatic heterocycles. The topological polar surface area (TPSA) is 29.0 Å². The average molecular weight is 318 g/mol. The van der Waals surface area contributed by atoms with Crippen LogP contribution in [0.4, 0.5) is 5.82 Å². The van der Waals surface area contributed by atoms with Gasteiger partial charge in [0.25, 0.3) is 0 Å². The van der Waals surface area contributed by atoms with Crippen molar-refractivity contribution in [2.75, 3.05) is 11.4 Å². The van der Waals surface area contributed by atoms with Crippen molar-refractivity contribution < 1.29 is 0 Å². The van der Waals surface area contributed by atoms with E-state index in [9.17, 15) is 0 Å². The van der Waals surface area contributed by atoms with E-state index in [0.717, 1.165) is 16.8 Å². The van der Waals surface area contributed by atoms with E-state index in [1.165, 1.54) is 24.0 Å². The zero-order chi connectivity index (χ0) is 13.2. The molecule has 0 radical (unpaired) electrons. The molecule has 0 N–H and O–H groups in total. The summed E-state index contributed by atoms with van der Waals surface area (Å²) in [6.07, 6.45) is 8.02. The SMILES string of the molecule is Cc1cc(N2CCCC2c2ccncc2)ncc1Br. The number of nitrogens with zero attached hydrogens (tertiary/aromatic N) is 3. The number of hydrogen-bond donors (Lipinski definition) is 0. The van der Waals surface area contributed by atoms with Crippen LogP contribution in [0.5, 0.6) is 0 Å². The first kappa shape index (κ1) is 12.6. The van der Waals surface area contributed by atoms with Gasteiger partial charge in [0, 0.05) is 29.6 Å². The predicted octanol–water partition coefficient (Wildman–Crippen LogP) is 3.89. The van der Waals surface area contributed by atoms with Gasteiger partial charge in [0.1, 0.15) is 5.82 Å². The van der Waals surface area contributed by atoms with E-state index >= 15 is 0 Å². The lowest BCUT2D eigenvalue weighted by molar-refractivity contribution is 0.710. The third-order valence-corrected chi connectivity index (χ3v) is 4.50. The van der Waals surface area contributed by atoms with E-state index in [4.69, 9.17) is 0 Å². The van der Waals surface area contributed by atoms with E-state index < -0.39 is 0 Å². The van der Waals surface area contributed by atoms with Crippen molar-refractivity contribution in [3.05, 3.63) is 52.4 Å². The Bertz CT molecular complexity index is 571. The van der Waals surface area contributed by atoms with Gasteiger partial charge in [-0.3, -0.25) is 4.98 Å². The summed E-state index contributed by atoms with van der Waals surface area (Å²) in [4.78, 5) is 11.1. The van der Waals surface area contributed by atoms with Gasteiger partial charge in [0.05, 0.1) is 6.04 Å². The monoisotopic (exact) mass is 317 g/mol. The van der Waals surface area contributed by atoms with Crippen molar-refractivity contribution in [3.8, 4) is 0 Å². The smallest absolute Gasteiger partial charge is 0.129 e.